The normalized spacial score (nSPS) is 13.3. The van der Waals surface area contributed by atoms with Gasteiger partial charge < -0.3 is 15.0 Å². The van der Waals surface area contributed by atoms with Crippen LogP contribution in [0.25, 0.3) is 6.08 Å². The number of carbonyl (C=O) groups is 2. The van der Waals surface area contributed by atoms with Crippen LogP contribution in [0.1, 0.15) is 36.7 Å². The van der Waals surface area contributed by atoms with Crippen molar-refractivity contribution in [3.8, 4) is 5.75 Å². The first-order valence-corrected chi connectivity index (χ1v) is 12.0. The van der Waals surface area contributed by atoms with Crippen molar-refractivity contribution < 1.29 is 14.3 Å². The van der Waals surface area contributed by atoms with E-state index >= 15 is 0 Å². The highest BCUT2D eigenvalue weighted by atomic mass is 35.5. The van der Waals surface area contributed by atoms with Crippen LogP contribution in [0.2, 0.25) is 10.2 Å². The first-order valence-electron chi connectivity index (χ1n) is 11.2. The predicted octanol–water partition coefficient (Wildman–Crippen LogP) is 5.55. The van der Waals surface area contributed by atoms with E-state index in [9.17, 15) is 9.59 Å². The molecular formula is C26H24Cl2N4O3. The molecule has 180 valence electrons. The first-order chi connectivity index (χ1) is 16.9. The number of hydrogen-bond acceptors (Lipinski definition) is 6. The standard InChI is InChI=1S/C26H24Cl2N4O3/c1-17(33)35-24-25(28)30-22(31-26(24)32-14-2-3-15-32)16-19-6-11-21(12-7-19)29-23(34)13-8-18-4-9-20(27)10-5-18/h4-13H,2-3,14-16H2,1H3,(H,29,34)/b13-8+. The van der Waals surface area contributed by atoms with E-state index in [-0.39, 0.29) is 16.8 Å². The highest BCUT2D eigenvalue weighted by molar-refractivity contribution is 6.31. The van der Waals surface area contributed by atoms with Crippen molar-refractivity contribution in [3.05, 3.63) is 81.7 Å². The molecule has 7 nitrogen and oxygen atoms in total. The van der Waals surface area contributed by atoms with Crippen LogP contribution in [0.4, 0.5) is 11.5 Å². The molecule has 1 aromatic heterocycles. The van der Waals surface area contributed by atoms with Crippen LogP contribution in [0.15, 0.2) is 54.6 Å². The van der Waals surface area contributed by atoms with Crippen LogP contribution in [0.3, 0.4) is 0 Å². The van der Waals surface area contributed by atoms with E-state index in [0.717, 1.165) is 37.1 Å². The number of hydrogen-bond donors (Lipinski definition) is 1. The Balaban J connectivity index is 1.43. The highest BCUT2D eigenvalue weighted by Crippen LogP contribution is 2.35. The minimum absolute atomic E-state index is 0.114. The second-order valence-corrected chi connectivity index (χ2v) is 8.91. The minimum atomic E-state index is -0.468. The minimum Gasteiger partial charge on any atom is -0.419 e. The number of rotatable bonds is 7. The van der Waals surface area contributed by atoms with Gasteiger partial charge in [0.25, 0.3) is 0 Å². The van der Waals surface area contributed by atoms with Gasteiger partial charge in [-0.15, -0.1) is 0 Å². The zero-order chi connectivity index (χ0) is 24.8. The Morgan fingerprint density at radius 2 is 1.71 bits per heavy atom. The Bertz CT molecular complexity index is 1240. The monoisotopic (exact) mass is 510 g/mol. The molecule has 0 radical (unpaired) electrons. The Hall–Kier alpha value is -3.42. The molecule has 0 saturated carbocycles. The average Bonchev–Trinajstić information content (AvgIpc) is 3.36. The molecule has 0 aliphatic carbocycles. The van der Waals surface area contributed by atoms with Crippen LogP contribution < -0.4 is 15.0 Å². The van der Waals surface area contributed by atoms with Crippen molar-refractivity contribution in [3.63, 3.8) is 0 Å². The molecule has 2 heterocycles. The molecule has 0 spiro atoms. The summed E-state index contributed by atoms with van der Waals surface area (Å²) >= 11 is 12.2. The Morgan fingerprint density at radius 1 is 1.03 bits per heavy atom. The van der Waals surface area contributed by atoms with Crippen molar-refractivity contribution in [1.29, 1.82) is 0 Å². The van der Waals surface area contributed by atoms with Gasteiger partial charge in [-0.25, -0.2) is 9.97 Å². The molecule has 1 aliphatic heterocycles. The summed E-state index contributed by atoms with van der Waals surface area (Å²) in [7, 11) is 0. The number of nitrogens with one attached hydrogen (secondary N) is 1. The summed E-state index contributed by atoms with van der Waals surface area (Å²) in [5.41, 5.74) is 2.50. The molecule has 0 bridgehead atoms. The fourth-order valence-electron chi connectivity index (χ4n) is 3.73. The number of aromatic nitrogens is 2. The second kappa shape index (κ2) is 11.3. The molecule has 1 amide bonds. The van der Waals surface area contributed by atoms with E-state index in [1.54, 1.807) is 18.2 Å². The zero-order valence-electron chi connectivity index (χ0n) is 19.1. The van der Waals surface area contributed by atoms with Gasteiger partial charge in [0.1, 0.15) is 5.82 Å². The van der Waals surface area contributed by atoms with Crippen molar-refractivity contribution in [1.82, 2.24) is 9.97 Å². The molecule has 0 unspecified atom stereocenters. The summed E-state index contributed by atoms with van der Waals surface area (Å²) in [6.07, 6.45) is 5.71. The molecule has 3 aromatic rings. The van der Waals surface area contributed by atoms with Gasteiger partial charge >= 0.3 is 5.97 Å². The van der Waals surface area contributed by atoms with Crippen LogP contribution in [0.5, 0.6) is 5.75 Å². The summed E-state index contributed by atoms with van der Waals surface area (Å²) in [5, 5.41) is 3.60. The van der Waals surface area contributed by atoms with E-state index in [1.165, 1.54) is 13.0 Å². The molecule has 1 N–H and O–H groups in total. The number of nitrogens with zero attached hydrogens (tertiary/aromatic N) is 3. The summed E-state index contributed by atoms with van der Waals surface area (Å²) in [4.78, 5) is 34.9. The SMILES string of the molecule is CC(=O)Oc1c(Cl)nc(Cc2ccc(NC(=O)/C=C/c3ccc(Cl)cc3)cc2)nc1N1CCCC1. The number of esters is 1. The third-order valence-electron chi connectivity index (χ3n) is 5.38. The maximum atomic E-state index is 12.2. The van der Waals surface area contributed by atoms with Gasteiger partial charge in [0.05, 0.1) is 0 Å². The zero-order valence-corrected chi connectivity index (χ0v) is 20.6. The van der Waals surface area contributed by atoms with Gasteiger partial charge in [0, 0.05) is 43.2 Å². The third-order valence-corrected chi connectivity index (χ3v) is 5.89. The molecular weight excluding hydrogens is 487 g/mol. The Kier molecular flexibility index (Phi) is 8.00. The van der Waals surface area contributed by atoms with E-state index in [2.05, 4.69) is 20.2 Å². The van der Waals surface area contributed by atoms with Crippen LogP contribution in [-0.2, 0) is 16.0 Å². The lowest BCUT2D eigenvalue weighted by Crippen LogP contribution is -2.22. The predicted molar refractivity (Wildman–Crippen MR) is 138 cm³/mol. The van der Waals surface area contributed by atoms with E-state index in [0.29, 0.717) is 28.8 Å². The van der Waals surface area contributed by atoms with Gasteiger partial charge in [-0.3, -0.25) is 9.59 Å². The average molecular weight is 511 g/mol. The maximum Gasteiger partial charge on any atom is 0.308 e. The Labute approximate surface area is 213 Å². The molecule has 9 heteroatoms. The molecule has 1 saturated heterocycles. The summed E-state index contributed by atoms with van der Waals surface area (Å²) in [6.45, 7) is 2.97. The fourth-order valence-corrected chi connectivity index (χ4v) is 4.07. The number of carbonyl (C=O) groups excluding carboxylic acids is 2. The highest BCUT2D eigenvalue weighted by Gasteiger charge is 2.24. The van der Waals surface area contributed by atoms with Crippen LogP contribution in [-0.4, -0.2) is 34.9 Å². The van der Waals surface area contributed by atoms with Crippen molar-refractivity contribution >= 4 is 52.7 Å². The quantitative estimate of drug-likeness (QED) is 0.254. The van der Waals surface area contributed by atoms with Crippen molar-refractivity contribution in [2.75, 3.05) is 23.3 Å². The van der Waals surface area contributed by atoms with Crippen LogP contribution in [0, 0.1) is 0 Å². The molecule has 0 atom stereocenters. The van der Waals surface area contributed by atoms with Crippen LogP contribution >= 0.6 is 23.2 Å². The first kappa shape index (κ1) is 24.7. The summed E-state index contributed by atoms with van der Waals surface area (Å²) in [6, 6.07) is 14.6. The van der Waals surface area contributed by atoms with E-state index in [1.807, 2.05) is 36.4 Å². The van der Waals surface area contributed by atoms with Gasteiger partial charge in [0.2, 0.25) is 11.7 Å². The topological polar surface area (TPSA) is 84.4 Å². The van der Waals surface area contributed by atoms with Gasteiger partial charge in [-0.05, 0) is 54.3 Å². The lowest BCUT2D eigenvalue weighted by Gasteiger charge is -2.20. The van der Waals surface area contributed by atoms with Gasteiger partial charge in [-0.2, -0.15) is 0 Å². The molecule has 35 heavy (non-hydrogen) atoms. The second-order valence-electron chi connectivity index (χ2n) is 8.12. The van der Waals surface area contributed by atoms with E-state index < -0.39 is 5.97 Å². The number of benzene rings is 2. The van der Waals surface area contributed by atoms with Crippen molar-refractivity contribution in [2.45, 2.75) is 26.2 Å². The summed E-state index contributed by atoms with van der Waals surface area (Å²) < 4.78 is 5.31. The molecule has 4 rings (SSSR count). The fraction of sp³-hybridized carbons (Fsp3) is 0.231. The largest absolute Gasteiger partial charge is 0.419 e. The molecule has 1 fully saturated rings. The van der Waals surface area contributed by atoms with Crippen molar-refractivity contribution in [2.24, 2.45) is 0 Å². The molecule has 2 aromatic carbocycles. The third kappa shape index (κ3) is 6.81. The number of halogens is 2. The maximum absolute atomic E-state index is 12.2. The number of anilines is 2. The summed E-state index contributed by atoms with van der Waals surface area (Å²) in [5.74, 6) is 0.567. The lowest BCUT2D eigenvalue weighted by molar-refractivity contribution is -0.131. The Morgan fingerprint density at radius 3 is 2.37 bits per heavy atom. The number of amides is 1. The van der Waals surface area contributed by atoms with Gasteiger partial charge in [-0.1, -0.05) is 47.5 Å². The van der Waals surface area contributed by atoms with E-state index in [4.69, 9.17) is 27.9 Å². The lowest BCUT2D eigenvalue weighted by atomic mass is 10.1. The molecule has 1 aliphatic rings. The van der Waals surface area contributed by atoms with Gasteiger partial charge in [0.15, 0.2) is 11.0 Å². The smallest absolute Gasteiger partial charge is 0.308 e. The number of ether oxygens (including phenoxy) is 1.